The lowest BCUT2D eigenvalue weighted by molar-refractivity contribution is -0.125. The lowest BCUT2D eigenvalue weighted by atomic mass is 10.1. The van der Waals surface area contributed by atoms with Gasteiger partial charge in [-0.3, -0.25) is 0 Å². The molecule has 0 radical (unpaired) electrons. The summed E-state index contributed by atoms with van der Waals surface area (Å²) in [6.45, 7) is 3.17. The molecule has 84 valence electrons. The average molecular weight is 217 g/mol. The fraction of sp³-hybridized carbons (Fsp3) is 0.455. The highest BCUT2D eigenvalue weighted by atomic mass is 19.4. The molecule has 0 atom stereocenters. The second kappa shape index (κ2) is 4.66. The molecule has 1 rings (SSSR count). The molecule has 0 aliphatic rings. The Morgan fingerprint density at radius 1 is 1.20 bits per heavy atom. The molecule has 0 aliphatic carbocycles. The number of rotatable bonds is 3. The number of hydrogen-bond donors (Lipinski definition) is 1. The Morgan fingerprint density at radius 3 is 2.40 bits per heavy atom. The van der Waals surface area contributed by atoms with E-state index in [0.29, 0.717) is 0 Å². The van der Waals surface area contributed by atoms with Crippen molar-refractivity contribution < 1.29 is 13.2 Å². The van der Waals surface area contributed by atoms with Crippen LogP contribution in [0.15, 0.2) is 18.2 Å². The lowest BCUT2D eigenvalue weighted by Gasteiger charge is -2.10. The van der Waals surface area contributed by atoms with E-state index in [-0.39, 0.29) is 6.54 Å². The molecule has 0 bridgehead atoms. The predicted molar refractivity (Wildman–Crippen MR) is 53.7 cm³/mol. The van der Waals surface area contributed by atoms with Crippen LogP contribution in [0, 0.1) is 13.8 Å². The van der Waals surface area contributed by atoms with Gasteiger partial charge in [0.05, 0.1) is 6.54 Å². The highest BCUT2D eigenvalue weighted by molar-refractivity contribution is 5.30. The molecule has 1 aromatic carbocycles. The van der Waals surface area contributed by atoms with Gasteiger partial charge in [-0.15, -0.1) is 0 Å². The molecule has 0 fully saturated rings. The number of alkyl halides is 3. The van der Waals surface area contributed by atoms with Gasteiger partial charge in [0, 0.05) is 6.54 Å². The molecule has 0 amide bonds. The molecule has 0 saturated heterocycles. The van der Waals surface area contributed by atoms with Crippen molar-refractivity contribution in [1.29, 1.82) is 0 Å². The molecule has 0 unspecified atom stereocenters. The van der Waals surface area contributed by atoms with Crippen molar-refractivity contribution in [2.45, 2.75) is 26.6 Å². The molecule has 0 saturated carbocycles. The fourth-order valence-corrected chi connectivity index (χ4v) is 1.38. The van der Waals surface area contributed by atoms with E-state index in [0.717, 1.165) is 16.7 Å². The van der Waals surface area contributed by atoms with Gasteiger partial charge in [-0.05, 0) is 25.0 Å². The Labute approximate surface area is 87.3 Å². The Bertz CT molecular complexity index is 331. The van der Waals surface area contributed by atoms with Crippen molar-refractivity contribution >= 4 is 0 Å². The average Bonchev–Trinajstić information content (AvgIpc) is 2.07. The zero-order chi connectivity index (χ0) is 11.5. The summed E-state index contributed by atoms with van der Waals surface area (Å²) in [6.07, 6.45) is -4.14. The van der Waals surface area contributed by atoms with Gasteiger partial charge < -0.3 is 5.32 Å². The molecule has 4 heteroatoms. The number of hydrogen-bond acceptors (Lipinski definition) is 1. The predicted octanol–water partition coefficient (Wildman–Crippen LogP) is 2.96. The van der Waals surface area contributed by atoms with Crippen molar-refractivity contribution in [2.24, 2.45) is 0 Å². The Hall–Kier alpha value is -1.03. The van der Waals surface area contributed by atoms with E-state index >= 15 is 0 Å². The van der Waals surface area contributed by atoms with Crippen molar-refractivity contribution in [3.63, 3.8) is 0 Å². The van der Waals surface area contributed by atoms with E-state index < -0.39 is 12.7 Å². The van der Waals surface area contributed by atoms with Crippen LogP contribution in [0.1, 0.15) is 16.7 Å². The second-order valence-corrected chi connectivity index (χ2v) is 3.65. The summed E-state index contributed by atoms with van der Waals surface area (Å²) in [5.74, 6) is 0. The number of halogens is 3. The van der Waals surface area contributed by atoms with Crippen LogP contribution in [-0.4, -0.2) is 12.7 Å². The third-order valence-electron chi connectivity index (χ3n) is 2.14. The maximum atomic E-state index is 11.9. The Morgan fingerprint density at radius 2 is 1.87 bits per heavy atom. The largest absolute Gasteiger partial charge is 0.401 e. The molecule has 1 nitrogen and oxygen atoms in total. The van der Waals surface area contributed by atoms with E-state index in [2.05, 4.69) is 5.32 Å². The van der Waals surface area contributed by atoms with Gasteiger partial charge in [-0.1, -0.05) is 23.8 Å². The summed E-state index contributed by atoms with van der Waals surface area (Å²) in [5, 5.41) is 2.38. The maximum absolute atomic E-state index is 11.9. The molecule has 0 spiro atoms. The van der Waals surface area contributed by atoms with Crippen molar-refractivity contribution in [2.75, 3.05) is 6.54 Å². The van der Waals surface area contributed by atoms with Crippen LogP contribution in [-0.2, 0) is 6.54 Å². The Balaban J connectivity index is 2.51. The van der Waals surface area contributed by atoms with Crippen LogP contribution in [0.3, 0.4) is 0 Å². The first-order valence-corrected chi connectivity index (χ1v) is 4.72. The summed E-state index contributed by atoms with van der Waals surface area (Å²) in [6, 6.07) is 5.72. The van der Waals surface area contributed by atoms with Gasteiger partial charge in [-0.2, -0.15) is 13.2 Å². The third kappa shape index (κ3) is 4.34. The van der Waals surface area contributed by atoms with E-state index in [9.17, 15) is 13.2 Å². The molecule has 0 aliphatic heterocycles. The van der Waals surface area contributed by atoms with Gasteiger partial charge in [0.15, 0.2) is 0 Å². The molecular formula is C11H14F3N. The topological polar surface area (TPSA) is 12.0 Å². The van der Waals surface area contributed by atoms with Crippen molar-refractivity contribution in [1.82, 2.24) is 5.32 Å². The van der Waals surface area contributed by atoms with E-state index in [1.54, 1.807) is 0 Å². The van der Waals surface area contributed by atoms with Gasteiger partial charge in [0.1, 0.15) is 0 Å². The SMILES string of the molecule is Cc1ccc(CNCC(F)(F)F)c(C)c1. The monoisotopic (exact) mass is 217 g/mol. The number of aryl methyl sites for hydroxylation is 2. The van der Waals surface area contributed by atoms with Gasteiger partial charge in [0.25, 0.3) is 0 Å². The van der Waals surface area contributed by atoms with Crippen LogP contribution in [0.4, 0.5) is 13.2 Å². The van der Waals surface area contributed by atoms with Crippen LogP contribution in [0.5, 0.6) is 0 Å². The maximum Gasteiger partial charge on any atom is 0.401 e. The summed E-state index contributed by atoms with van der Waals surface area (Å²) < 4.78 is 35.6. The van der Waals surface area contributed by atoms with E-state index in [1.165, 1.54) is 0 Å². The first-order valence-electron chi connectivity index (χ1n) is 4.72. The lowest BCUT2D eigenvalue weighted by Crippen LogP contribution is -2.28. The summed E-state index contributed by atoms with van der Waals surface area (Å²) in [5.41, 5.74) is 3.04. The van der Waals surface area contributed by atoms with Crippen LogP contribution in [0.25, 0.3) is 0 Å². The molecular weight excluding hydrogens is 203 g/mol. The number of benzene rings is 1. The van der Waals surface area contributed by atoms with Gasteiger partial charge in [-0.25, -0.2) is 0 Å². The standard InChI is InChI=1S/C11H14F3N/c1-8-3-4-10(9(2)5-8)6-15-7-11(12,13)14/h3-5,15H,6-7H2,1-2H3. The van der Waals surface area contributed by atoms with Crippen molar-refractivity contribution in [3.8, 4) is 0 Å². The zero-order valence-electron chi connectivity index (χ0n) is 8.78. The molecule has 0 aromatic heterocycles. The molecule has 15 heavy (non-hydrogen) atoms. The minimum Gasteiger partial charge on any atom is -0.305 e. The summed E-state index contributed by atoms with van der Waals surface area (Å²) in [7, 11) is 0. The van der Waals surface area contributed by atoms with E-state index in [1.807, 2.05) is 32.0 Å². The number of nitrogens with one attached hydrogen (secondary N) is 1. The fourth-order valence-electron chi connectivity index (χ4n) is 1.38. The van der Waals surface area contributed by atoms with Crippen LogP contribution in [0.2, 0.25) is 0 Å². The molecule has 1 N–H and O–H groups in total. The third-order valence-corrected chi connectivity index (χ3v) is 2.14. The quantitative estimate of drug-likeness (QED) is 0.820. The molecule has 1 aromatic rings. The normalized spacial score (nSPS) is 11.8. The highest BCUT2D eigenvalue weighted by Gasteiger charge is 2.26. The minimum atomic E-state index is -4.14. The first kappa shape index (κ1) is 12.0. The Kier molecular flexibility index (Phi) is 3.74. The van der Waals surface area contributed by atoms with Gasteiger partial charge in [0.2, 0.25) is 0 Å². The highest BCUT2D eigenvalue weighted by Crippen LogP contribution is 2.14. The minimum absolute atomic E-state index is 0.256. The first-order chi connectivity index (χ1) is 6.88. The second-order valence-electron chi connectivity index (χ2n) is 3.65. The summed E-state index contributed by atoms with van der Waals surface area (Å²) >= 11 is 0. The van der Waals surface area contributed by atoms with Gasteiger partial charge >= 0.3 is 6.18 Å². The van der Waals surface area contributed by atoms with E-state index in [4.69, 9.17) is 0 Å². The van der Waals surface area contributed by atoms with Crippen LogP contribution < -0.4 is 5.32 Å². The zero-order valence-corrected chi connectivity index (χ0v) is 8.78. The molecule has 0 heterocycles. The smallest absolute Gasteiger partial charge is 0.305 e. The summed E-state index contributed by atoms with van der Waals surface area (Å²) in [4.78, 5) is 0. The van der Waals surface area contributed by atoms with Crippen LogP contribution >= 0.6 is 0 Å². The van der Waals surface area contributed by atoms with Crippen molar-refractivity contribution in [3.05, 3.63) is 34.9 Å².